The number of hydrogen-bond donors (Lipinski definition) is 0. The van der Waals surface area contributed by atoms with E-state index in [9.17, 15) is 0 Å². The zero-order valence-electron chi connectivity index (χ0n) is 5.05. The van der Waals surface area contributed by atoms with Gasteiger partial charge in [-0.2, -0.15) is 0 Å². The van der Waals surface area contributed by atoms with Crippen LogP contribution in [0.4, 0.5) is 0 Å². The van der Waals surface area contributed by atoms with Gasteiger partial charge in [0.25, 0.3) is 0 Å². The maximum Gasteiger partial charge on any atom is 0.0129 e. The summed E-state index contributed by atoms with van der Waals surface area (Å²) in [5, 5.41) is 2.10. The second kappa shape index (κ2) is 16.8. The third-order valence-corrected chi connectivity index (χ3v) is 3.72. The van der Waals surface area contributed by atoms with Gasteiger partial charge in [0, 0.05) is 19.5 Å². The molecular formula is C5H10Br2I2. The largest absolute Gasteiger partial charge is 0.0919 e. The molecule has 0 N–H and O–H groups in total. The van der Waals surface area contributed by atoms with Crippen molar-refractivity contribution in [3.63, 3.8) is 0 Å². The molecule has 0 radical (unpaired) electrons. The van der Waals surface area contributed by atoms with E-state index in [1.807, 2.05) is 0 Å². The Kier molecular flexibility index (Phi) is 26.1. The molecule has 0 rings (SSSR count). The van der Waals surface area contributed by atoms with Gasteiger partial charge in [-0.3, -0.25) is 0 Å². The van der Waals surface area contributed by atoms with Crippen LogP contribution in [-0.2, 0) is 0 Å². The Hall–Kier alpha value is 2.42. The molecule has 9 heavy (non-hydrogen) atoms. The molecular weight excluding hydrogens is 474 g/mol. The van der Waals surface area contributed by atoms with Crippen molar-refractivity contribution in [2.45, 2.75) is 6.42 Å². The fourth-order valence-electron chi connectivity index (χ4n) is 0.0505. The SMILES string of the molecule is BrCCBr.ICCCI. The molecule has 0 atom stereocenters. The smallest absolute Gasteiger partial charge is 0.0129 e. The molecule has 0 unspecified atom stereocenters. The first-order chi connectivity index (χ1) is 4.33. The summed E-state index contributed by atoms with van der Waals surface area (Å²) >= 11 is 11.2. The van der Waals surface area contributed by atoms with Gasteiger partial charge in [0.1, 0.15) is 0 Å². The number of halogens is 4. The van der Waals surface area contributed by atoms with Crippen molar-refractivity contribution in [3.05, 3.63) is 0 Å². The van der Waals surface area contributed by atoms with E-state index in [0.717, 1.165) is 10.7 Å². The van der Waals surface area contributed by atoms with Gasteiger partial charge in [0.2, 0.25) is 0 Å². The maximum atomic E-state index is 3.20. The van der Waals surface area contributed by atoms with Gasteiger partial charge in [-0.25, -0.2) is 0 Å². The molecule has 58 valence electrons. The zero-order chi connectivity index (χ0) is 7.54. The summed E-state index contributed by atoms with van der Waals surface area (Å²) in [6.45, 7) is 0. The molecule has 0 aromatic carbocycles. The van der Waals surface area contributed by atoms with Crippen LogP contribution in [0.5, 0.6) is 0 Å². The topological polar surface area (TPSA) is 0 Å². The molecule has 0 aromatic heterocycles. The van der Waals surface area contributed by atoms with Crippen LogP contribution >= 0.6 is 77.0 Å². The summed E-state index contributed by atoms with van der Waals surface area (Å²) in [7, 11) is 0. The van der Waals surface area contributed by atoms with Gasteiger partial charge in [0.15, 0.2) is 0 Å². The van der Waals surface area contributed by atoms with Gasteiger partial charge in [-0.05, 0) is 6.42 Å². The molecule has 0 saturated heterocycles. The molecule has 4 heteroatoms. The highest BCUT2D eigenvalue weighted by molar-refractivity contribution is 14.1. The molecule has 0 nitrogen and oxygen atoms in total. The standard InChI is InChI=1S/C3H6I2.C2H4Br2/c4-2-1-3-5;3-1-2-4/h1-3H2;1-2H2. The predicted octanol–water partition coefficient (Wildman–Crippen LogP) is 4.02. The van der Waals surface area contributed by atoms with Crippen LogP contribution < -0.4 is 0 Å². The van der Waals surface area contributed by atoms with Crippen molar-refractivity contribution in [1.29, 1.82) is 0 Å². The summed E-state index contributed by atoms with van der Waals surface area (Å²) in [5.74, 6) is 0. The summed E-state index contributed by atoms with van der Waals surface area (Å²) in [6.07, 6.45) is 1.36. The highest BCUT2D eigenvalue weighted by Gasteiger charge is 1.71. The van der Waals surface area contributed by atoms with Crippen LogP contribution in [-0.4, -0.2) is 19.5 Å². The Morgan fingerprint density at radius 1 is 0.889 bits per heavy atom. The van der Waals surface area contributed by atoms with Gasteiger partial charge >= 0.3 is 0 Å². The summed E-state index contributed by atoms with van der Waals surface area (Å²) in [5.41, 5.74) is 0. The molecule has 0 aliphatic rings. The van der Waals surface area contributed by atoms with Gasteiger partial charge in [-0.1, -0.05) is 77.0 Å². The minimum atomic E-state index is 1.05. The Balaban J connectivity index is 0. The highest BCUT2D eigenvalue weighted by atomic mass is 127. The summed E-state index contributed by atoms with van der Waals surface area (Å²) < 4.78 is 2.61. The van der Waals surface area contributed by atoms with Gasteiger partial charge in [-0.15, -0.1) is 0 Å². The van der Waals surface area contributed by atoms with Gasteiger partial charge in [0.05, 0.1) is 0 Å². The second-order valence-electron chi connectivity index (χ2n) is 1.11. The van der Waals surface area contributed by atoms with E-state index in [0.29, 0.717) is 0 Å². The van der Waals surface area contributed by atoms with Crippen molar-refractivity contribution in [2.75, 3.05) is 19.5 Å². The fourth-order valence-corrected chi connectivity index (χ4v) is 2.27. The van der Waals surface area contributed by atoms with Crippen molar-refractivity contribution in [3.8, 4) is 0 Å². The predicted molar refractivity (Wildman–Crippen MR) is 70.0 cm³/mol. The Morgan fingerprint density at radius 2 is 1.22 bits per heavy atom. The number of rotatable bonds is 3. The number of hydrogen-bond acceptors (Lipinski definition) is 0. The Bertz CT molecular complexity index is 32.1. The molecule has 0 aliphatic carbocycles. The molecule has 0 fully saturated rings. The average Bonchev–Trinajstić information content (AvgIpc) is 1.91. The summed E-state index contributed by atoms with van der Waals surface area (Å²) in [6, 6.07) is 0. The Labute approximate surface area is 101 Å². The molecule has 0 spiro atoms. The van der Waals surface area contributed by atoms with E-state index in [1.54, 1.807) is 0 Å². The average molecular weight is 484 g/mol. The van der Waals surface area contributed by atoms with E-state index in [2.05, 4.69) is 77.0 Å². The third kappa shape index (κ3) is 25.1. The van der Waals surface area contributed by atoms with Gasteiger partial charge < -0.3 is 0 Å². The first-order valence-corrected chi connectivity index (χ1v) is 7.86. The molecule has 0 aromatic rings. The second-order valence-corrected chi connectivity index (χ2v) is 4.85. The van der Waals surface area contributed by atoms with Crippen molar-refractivity contribution in [1.82, 2.24) is 0 Å². The van der Waals surface area contributed by atoms with Crippen LogP contribution in [0.3, 0.4) is 0 Å². The molecule has 0 heterocycles. The van der Waals surface area contributed by atoms with Crippen LogP contribution in [0, 0.1) is 0 Å². The van der Waals surface area contributed by atoms with Crippen LogP contribution in [0.1, 0.15) is 6.42 Å². The van der Waals surface area contributed by atoms with E-state index < -0.39 is 0 Å². The monoisotopic (exact) mass is 482 g/mol. The normalized spacial score (nSPS) is 8.00. The zero-order valence-corrected chi connectivity index (χ0v) is 12.5. The first kappa shape index (κ1) is 14.0. The molecule has 0 saturated carbocycles. The van der Waals surface area contributed by atoms with Crippen LogP contribution in [0.15, 0.2) is 0 Å². The molecule has 0 aliphatic heterocycles. The minimum Gasteiger partial charge on any atom is -0.0919 e. The lowest BCUT2D eigenvalue weighted by Crippen LogP contribution is -1.68. The highest BCUT2D eigenvalue weighted by Crippen LogP contribution is 1.91. The van der Waals surface area contributed by atoms with Crippen molar-refractivity contribution >= 4 is 77.0 Å². The van der Waals surface area contributed by atoms with Crippen molar-refractivity contribution < 1.29 is 0 Å². The lowest BCUT2D eigenvalue weighted by Gasteiger charge is -1.76. The Morgan fingerprint density at radius 3 is 1.22 bits per heavy atom. The van der Waals surface area contributed by atoms with E-state index in [4.69, 9.17) is 0 Å². The molecule has 0 amide bonds. The molecule has 0 bridgehead atoms. The quantitative estimate of drug-likeness (QED) is 0.420. The lowest BCUT2D eigenvalue weighted by molar-refractivity contribution is 1.17. The number of alkyl halides is 4. The van der Waals surface area contributed by atoms with E-state index in [-0.39, 0.29) is 0 Å². The fraction of sp³-hybridized carbons (Fsp3) is 1.00. The van der Waals surface area contributed by atoms with E-state index >= 15 is 0 Å². The third-order valence-electron chi connectivity index (χ3n) is 0.339. The van der Waals surface area contributed by atoms with Crippen molar-refractivity contribution in [2.24, 2.45) is 0 Å². The minimum absolute atomic E-state index is 1.05. The van der Waals surface area contributed by atoms with Crippen LogP contribution in [0.2, 0.25) is 0 Å². The van der Waals surface area contributed by atoms with Crippen LogP contribution in [0.25, 0.3) is 0 Å². The van der Waals surface area contributed by atoms with E-state index in [1.165, 1.54) is 15.3 Å². The lowest BCUT2D eigenvalue weighted by atomic mass is 10.6. The summed E-state index contributed by atoms with van der Waals surface area (Å²) in [4.78, 5) is 0. The first-order valence-electron chi connectivity index (χ1n) is 2.57. The maximum absolute atomic E-state index is 3.20.